The van der Waals surface area contributed by atoms with Crippen LogP contribution in [0.25, 0.3) is 11.3 Å². The highest BCUT2D eigenvalue weighted by atomic mass is 32.1. The van der Waals surface area contributed by atoms with E-state index in [0.717, 1.165) is 36.1 Å². The summed E-state index contributed by atoms with van der Waals surface area (Å²) in [5, 5.41) is 14.4. The van der Waals surface area contributed by atoms with E-state index in [9.17, 15) is 4.79 Å². The Labute approximate surface area is 151 Å². The number of nitriles is 1. The maximum atomic E-state index is 12.3. The predicted molar refractivity (Wildman–Crippen MR) is 98.5 cm³/mol. The SMILES string of the molecule is COc1ccc(-c2csc(NC(=O)C3CC=CCC3)n2)cc1CC#N. The lowest BCUT2D eigenvalue weighted by Gasteiger charge is -2.15. The zero-order chi connectivity index (χ0) is 17.6. The normalized spacial score (nSPS) is 16.2. The highest BCUT2D eigenvalue weighted by molar-refractivity contribution is 7.14. The number of amides is 1. The predicted octanol–water partition coefficient (Wildman–Crippen LogP) is 4.18. The highest BCUT2D eigenvalue weighted by Crippen LogP contribution is 2.30. The third-order valence-corrected chi connectivity index (χ3v) is 4.98. The van der Waals surface area contributed by atoms with Crippen molar-refractivity contribution in [2.75, 3.05) is 12.4 Å². The van der Waals surface area contributed by atoms with Gasteiger partial charge in [-0.05, 0) is 37.5 Å². The second-order valence-electron chi connectivity index (χ2n) is 5.87. The fourth-order valence-electron chi connectivity index (χ4n) is 2.86. The minimum Gasteiger partial charge on any atom is -0.496 e. The van der Waals surface area contributed by atoms with E-state index in [0.29, 0.717) is 10.9 Å². The molecular formula is C19H19N3O2S. The second kappa shape index (κ2) is 7.95. The van der Waals surface area contributed by atoms with Gasteiger partial charge in [-0.3, -0.25) is 4.79 Å². The fraction of sp³-hybridized carbons (Fsp3) is 0.316. The largest absolute Gasteiger partial charge is 0.496 e. The van der Waals surface area contributed by atoms with Crippen molar-refractivity contribution in [2.45, 2.75) is 25.7 Å². The van der Waals surface area contributed by atoms with Crippen molar-refractivity contribution in [2.24, 2.45) is 5.92 Å². The van der Waals surface area contributed by atoms with Crippen LogP contribution in [0, 0.1) is 17.2 Å². The number of thiazole rings is 1. The number of anilines is 1. The number of hydrogen-bond donors (Lipinski definition) is 1. The van der Waals surface area contributed by atoms with Crippen molar-refractivity contribution in [3.63, 3.8) is 0 Å². The summed E-state index contributed by atoms with van der Waals surface area (Å²) in [7, 11) is 1.59. The Balaban J connectivity index is 1.75. The molecule has 3 rings (SSSR count). The number of ether oxygens (including phenoxy) is 1. The van der Waals surface area contributed by atoms with Crippen molar-refractivity contribution in [3.8, 4) is 23.1 Å². The molecule has 0 radical (unpaired) electrons. The van der Waals surface area contributed by atoms with Crippen LogP contribution >= 0.6 is 11.3 Å². The summed E-state index contributed by atoms with van der Waals surface area (Å²) in [6, 6.07) is 7.81. The molecule has 0 bridgehead atoms. The number of allylic oxidation sites excluding steroid dienone is 2. The molecule has 128 valence electrons. The third kappa shape index (κ3) is 4.06. The number of nitrogens with zero attached hydrogens (tertiary/aromatic N) is 2. The fourth-order valence-corrected chi connectivity index (χ4v) is 3.59. The van der Waals surface area contributed by atoms with E-state index in [1.807, 2.05) is 23.6 Å². The summed E-state index contributed by atoms with van der Waals surface area (Å²) in [5.41, 5.74) is 2.52. The molecule has 1 atom stereocenters. The summed E-state index contributed by atoms with van der Waals surface area (Å²) < 4.78 is 5.28. The number of benzene rings is 1. The molecule has 6 heteroatoms. The van der Waals surface area contributed by atoms with Crippen LogP contribution in [0.3, 0.4) is 0 Å². The highest BCUT2D eigenvalue weighted by Gasteiger charge is 2.20. The first-order valence-electron chi connectivity index (χ1n) is 8.17. The van der Waals surface area contributed by atoms with E-state index in [1.54, 1.807) is 7.11 Å². The van der Waals surface area contributed by atoms with Crippen molar-refractivity contribution < 1.29 is 9.53 Å². The number of carbonyl (C=O) groups is 1. The average molecular weight is 353 g/mol. The van der Waals surface area contributed by atoms with Gasteiger partial charge in [0.15, 0.2) is 5.13 Å². The van der Waals surface area contributed by atoms with Gasteiger partial charge < -0.3 is 10.1 Å². The topological polar surface area (TPSA) is 75.0 Å². The van der Waals surface area contributed by atoms with Gasteiger partial charge in [0.2, 0.25) is 5.91 Å². The van der Waals surface area contributed by atoms with Crippen molar-refractivity contribution in [1.29, 1.82) is 5.26 Å². The molecule has 0 aliphatic heterocycles. The number of hydrogen-bond acceptors (Lipinski definition) is 5. The lowest BCUT2D eigenvalue weighted by Crippen LogP contribution is -2.23. The smallest absolute Gasteiger partial charge is 0.229 e. The Morgan fingerprint density at radius 2 is 2.36 bits per heavy atom. The van der Waals surface area contributed by atoms with Gasteiger partial charge in [0.25, 0.3) is 0 Å². The summed E-state index contributed by atoms with van der Waals surface area (Å²) in [6.07, 6.45) is 7.09. The van der Waals surface area contributed by atoms with Crippen molar-refractivity contribution in [1.82, 2.24) is 4.98 Å². The summed E-state index contributed by atoms with van der Waals surface area (Å²) in [6.45, 7) is 0. The minimum absolute atomic E-state index is 0.0283. The molecule has 1 heterocycles. The van der Waals surface area contributed by atoms with Crippen LogP contribution in [0.4, 0.5) is 5.13 Å². The monoisotopic (exact) mass is 353 g/mol. The van der Waals surface area contributed by atoms with Crippen LogP contribution in [0.1, 0.15) is 24.8 Å². The molecule has 5 nitrogen and oxygen atoms in total. The number of nitrogens with one attached hydrogen (secondary N) is 1. The molecule has 0 spiro atoms. The zero-order valence-corrected chi connectivity index (χ0v) is 14.8. The Morgan fingerprint density at radius 3 is 3.08 bits per heavy atom. The molecule has 0 saturated carbocycles. The summed E-state index contributed by atoms with van der Waals surface area (Å²) in [5.74, 6) is 0.755. The van der Waals surface area contributed by atoms with E-state index >= 15 is 0 Å². The molecule has 2 aromatic rings. The Hall–Kier alpha value is -2.65. The molecule has 1 aromatic heterocycles. The number of carbonyl (C=O) groups excluding carboxylic acids is 1. The molecule has 1 N–H and O–H groups in total. The standard InChI is InChI=1S/C19H19N3O2S/c1-24-17-8-7-14(11-15(17)9-10-20)16-12-25-19(21-16)22-18(23)13-5-3-2-4-6-13/h2-3,7-8,11-13H,4-6,9H2,1H3,(H,21,22,23). The van der Waals surface area contributed by atoms with Gasteiger partial charge in [-0.25, -0.2) is 4.98 Å². The Bertz CT molecular complexity index is 835. The number of methoxy groups -OCH3 is 1. The summed E-state index contributed by atoms with van der Waals surface area (Å²) >= 11 is 1.41. The van der Waals surface area contributed by atoms with E-state index < -0.39 is 0 Å². The molecule has 1 aliphatic carbocycles. The molecule has 1 amide bonds. The zero-order valence-electron chi connectivity index (χ0n) is 14.0. The first-order chi connectivity index (χ1) is 12.2. The van der Waals surface area contributed by atoms with E-state index in [-0.39, 0.29) is 18.2 Å². The lowest BCUT2D eigenvalue weighted by atomic mass is 9.94. The second-order valence-corrected chi connectivity index (χ2v) is 6.73. The van der Waals surface area contributed by atoms with E-state index in [4.69, 9.17) is 10.00 Å². The van der Waals surface area contributed by atoms with E-state index in [1.165, 1.54) is 11.3 Å². The maximum Gasteiger partial charge on any atom is 0.229 e. The first-order valence-corrected chi connectivity index (χ1v) is 9.05. The molecule has 1 unspecified atom stereocenters. The average Bonchev–Trinajstić information content (AvgIpc) is 3.11. The van der Waals surface area contributed by atoms with Crippen molar-refractivity contribution >= 4 is 22.4 Å². The van der Waals surface area contributed by atoms with Crippen LogP contribution in [0.15, 0.2) is 35.7 Å². The third-order valence-electron chi connectivity index (χ3n) is 4.22. The lowest BCUT2D eigenvalue weighted by molar-refractivity contribution is -0.120. The van der Waals surface area contributed by atoms with Crippen molar-refractivity contribution in [3.05, 3.63) is 41.3 Å². The molecule has 25 heavy (non-hydrogen) atoms. The molecule has 0 saturated heterocycles. The van der Waals surface area contributed by atoms with Crippen LogP contribution in [-0.4, -0.2) is 18.0 Å². The quantitative estimate of drug-likeness (QED) is 0.818. The molecular weight excluding hydrogens is 334 g/mol. The van der Waals surface area contributed by atoms with Crippen LogP contribution in [0.2, 0.25) is 0 Å². The van der Waals surface area contributed by atoms with Crippen LogP contribution in [-0.2, 0) is 11.2 Å². The van der Waals surface area contributed by atoms with Gasteiger partial charge in [0.05, 0.1) is 25.3 Å². The molecule has 1 aromatic carbocycles. The first kappa shape index (κ1) is 17.2. The van der Waals surface area contributed by atoms with Crippen LogP contribution < -0.4 is 10.1 Å². The number of aromatic nitrogens is 1. The van der Waals surface area contributed by atoms with Gasteiger partial charge in [-0.15, -0.1) is 11.3 Å². The summed E-state index contributed by atoms with van der Waals surface area (Å²) in [4.78, 5) is 16.8. The van der Waals surface area contributed by atoms with Gasteiger partial charge in [-0.2, -0.15) is 5.26 Å². The Kier molecular flexibility index (Phi) is 5.46. The van der Waals surface area contributed by atoms with Gasteiger partial charge in [0.1, 0.15) is 5.75 Å². The van der Waals surface area contributed by atoms with Gasteiger partial charge in [0, 0.05) is 22.4 Å². The Morgan fingerprint density at radius 1 is 1.48 bits per heavy atom. The van der Waals surface area contributed by atoms with E-state index in [2.05, 4.69) is 28.5 Å². The van der Waals surface area contributed by atoms with Gasteiger partial charge >= 0.3 is 0 Å². The number of rotatable bonds is 5. The molecule has 1 aliphatic rings. The van der Waals surface area contributed by atoms with Gasteiger partial charge in [-0.1, -0.05) is 12.2 Å². The maximum absolute atomic E-state index is 12.3. The minimum atomic E-state index is 0.0283. The van der Waals surface area contributed by atoms with Crippen LogP contribution in [0.5, 0.6) is 5.75 Å². The molecule has 0 fully saturated rings.